The number of anilines is 2. The van der Waals surface area contributed by atoms with Gasteiger partial charge < -0.3 is 30.2 Å². The van der Waals surface area contributed by atoms with Crippen molar-refractivity contribution in [2.24, 2.45) is 0 Å². The average molecular weight is 565 g/mol. The second kappa shape index (κ2) is 16.0. The maximum absolute atomic E-state index is 13.3. The monoisotopic (exact) mass is 564 g/mol. The lowest BCUT2D eigenvalue weighted by Gasteiger charge is -2.28. The summed E-state index contributed by atoms with van der Waals surface area (Å²) in [5.41, 5.74) is 0.609. The number of nitrogens with zero attached hydrogens (tertiary/aromatic N) is 2. The molecule has 0 saturated carbocycles. The average Bonchev–Trinajstić information content (AvgIpc) is 2.88. The summed E-state index contributed by atoms with van der Waals surface area (Å²) in [6.07, 6.45) is 5.90. The van der Waals surface area contributed by atoms with E-state index in [0.29, 0.717) is 24.2 Å². The smallest absolute Gasteiger partial charge is 0.338 e. The molecule has 2 aromatic carbocycles. The molecule has 0 aliphatic heterocycles. The Morgan fingerprint density at radius 1 is 0.500 bits per heavy atom. The largest absolute Gasteiger partial charge is 0.479 e. The standard InChI is InChI=1S/C28H34F2N2O8/c29-19-9-13-21(14-10-19)31(23(25(33)34)26(35)36)17-7-5-3-1-2-4-6-8-18-32(24(27(37)38)28(39)40)22-15-11-20(30)12-16-22/h9-16,23-24H,1-8,17-18H2,(H,33,34)(H,35,36)(H,37,38)(H,39,40). The minimum atomic E-state index is -1.79. The molecule has 4 N–H and O–H groups in total. The normalized spacial score (nSPS) is 11.0. The van der Waals surface area contributed by atoms with E-state index in [1.165, 1.54) is 34.1 Å². The predicted octanol–water partition coefficient (Wildman–Crippen LogP) is 4.47. The van der Waals surface area contributed by atoms with Gasteiger partial charge in [0.25, 0.3) is 0 Å². The molecule has 218 valence electrons. The summed E-state index contributed by atoms with van der Waals surface area (Å²) in [6.45, 7) is 0.338. The fraction of sp³-hybridized carbons (Fsp3) is 0.429. The van der Waals surface area contributed by atoms with E-state index in [2.05, 4.69) is 0 Å². The molecule has 0 fully saturated rings. The predicted molar refractivity (Wildman–Crippen MR) is 143 cm³/mol. The van der Waals surface area contributed by atoms with Crippen LogP contribution in [0, 0.1) is 11.6 Å². The lowest BCUT2D eigenvalue weighted by molar-refractivity contribution is -0.151. The van der Waals surface area contributed by atoms with E-state index in [1.807, 2.05) is 0 Å². The van der Waals surface area contributed by atoms with Crippen molar-refractivity contribution in [1.82, 2.24) is 0 Å². The van der Waals surface area contributed by atoms with Crippen LogP contribution in [-0.2, 0) is 19.2 Å². The molecule has 0 radical (unpaired) electrons. The van der Waals surface area contributed by atoms with E-state index in [4.69, 9.17) is 0 Å². The zero-order valence-corrected chi connectivity index (χ0v) is 21.9. The molecule has 0 bridgehead atoms. The van der Waals surface area contributed by atoms with Gasteiger partial charge in [-0.3, -0.25) is 0 Å². The Hall–Kier alpha value is -4.22. The Bertz CT molecular complexity index is 1010. The third kappa shape index (κ3) is 9.83. The molecule has 0 aliphatic rings. The van der Waals surface area contributed by atoms with Crippen LogP contribution in [0.1, 0.15) is 51.4 Å². The Labute approximate surface area is 230 Å². The first-order valence-electron chi connectivity index (χ1n) is 13.0. The second-order valence-electron chi connectivity index (χ2n) is 9.33. The Kier molecular flexibility index (Phi) is 12.8. The molecule has 0 amide bonds. The number of halogens is 2. The number of unbranched alkanes of at least 4 members (excludes halogenated alkanes) is 7. The Balaban J connectivity index is 1.78. The highest BCUT2D eigenvalue weighted by Crippen LogP contribution is 2.22. The Morgan fingerprint density at radius 2 is 0.750 bits per heavy atom. The molecule has 12 heteroatoms. The number of carbonyl (C=O) groups is 4. The van der Waals surface area contributed by atoms with Crippen molar-refractivity contribution in [3.05, 3.63) is 60.2 Å². The molecule has 0 saturated heterocycles. The lowest BCUT2D eigenvalue weighted by atomic mass is 10.1. The number of aliphatic carboxylic acids is 4. The zero-order valence-electron chi connectivity index (χ0n) is 21.9. The van der Waals surface area contributed by atoms with Gasteiger partial charge in [0.1, 0.15) is 11.6 Å². The second-order valence-corrected chi connectivity index (χ2v) is 9.33. The van der Waals surface area contributed by atoms with Gasteiger partial charge in [0.2, 0.25) is 12.1 Å². The molecule has 40 heavy (non-hydrogen) atoms. The van der Waals surface area contributed by atoms with Crippen LogP contribution in [0.25, 0.3) is 0 Å². The summed E-state index contributed by atoms with van der Waals surface area (Å²) in [4.78, 5) is 48.7. The molecule has 2 rings (SSSR count). The molecule has 0 spiro atoms. The van der Waals surface area contributed by atoms with Crippen LogP contribution < -0.4 is 9.80 Å². The quantitative estimate of drug-likeness (QED) is 0.142. The first-order valence-corrected chi connectivity index (χ1v) is 13.0. The third-order valence-electron chi connectivity index (χ3n) is 6.42. The molecular weight excluding hydrogens is 530 g/mol. The van der Waals surface area contributed by atoms with Crippen LogP contribution in [0.5, 0.6) is 0 Å². The first-order chi connectivity index (χ1) is 19.0. The van der Waals surface area contributed by atoms with Crippen LogP contribution >= 0.6 is 0 Å². The van der Waals surface area contributed by atoms with Crippen LogP contribution in [0.4, 0.5) is 20.2 Å². The van der Waals surface area contributed by atoms with E-state index in [9.17, 15) is 48.4 Å². The van der Waals surface area contributed by atoms with Crippen molar-refractivity contribution in [1.29, 1.82) is 0 Å². The SMILES string of the molecule is O=C(O)C(C(=O)O)N(CCCCCCCCCCN(c1ccc(F)cc1)C(C(=O)O)C(=O)O)c1ccc(F)cc1. The van der Waals surface area contributed by atoms with Crippen molar-refractivity contribution in [2.45, 2.75) is 63.5 Å². The highest BCUT2D eigenvalue weighted by molar-refractivity contribution is 6.01. The maximum atomic E-state index is 13.3. The van der Waals surface area contributed by atoms with Crippen molar-refractivity contribution in [3.8, 4) is 0 Å². The van der Waals surface area contributed by atoms with Crippen molar-refractivity contribution >= 4 is 35.3 Å². The highest BCUT2D eigenvalue weighted by Gasteiger charge is 2.33. The van der Waals surface area contributed by atoms with E-state index in [-0.39, 0.29) is 13.1 Å². The van der Waals surface area contributed by atoms with Gasteiger partial charge in [-0.05, 0) is 61.4 Å². The fourth-order valence-corrected chi connectivity index (χ4v) is 4.45. The van der Waals surface area contributed by atoms with Crippen LogP contribution in [0.2, 0.25) is 0 Å². The van der Waals surface area contributed by atoms with Crippen LogP contribution in [0.15, 0.2) is 48.5 Å². The molecule has 0 aliphatic carbocycles. The molecule has 2 aromatic rings. The lowest BCUT2D eigenvalue weighted by Crippen LogP contribution is -2.47. The summed E-state index contributed by atoms with van der Waals surface area (Å²) < 4.78 is 26.6. The molecule has 0 heterocycles. The van der Waals surface area contributed by atoms with Gasteiger partial charge >= 0.3 is 23.9 Å². The van der Waals surface area contributed by atoms with E-state index in [0.717, 1.165) is 62.8 Å². The maximum Gasteiger partial charge on any atom is 0.338 e. The fourth-order valence-electron chi connectivity index (χ4n) is 4.45. The van der Waals surface area contributed by atoms with Crippen molar-refractivity contribution in [2.75, 3.05) is 22.9 Å². The van der Waals surface area contributed by atoms with Gasteiger partial charge in [-0.15, -0.1) is 0 Å². The van der Waals surface area contributed by atoms with E-state index < -0.39 is 47.6 Å². The minimum absolute atomic E-state index is 0.169. The van der Waals surface area contributed by atoms with Gasteiger partial charge in [0.05, 0.1) is 0 Å². The van der Waals surface area contributed by atoms with E-state index in [1.54, 1.807) is 0 Å². The summed E-state index contributed by atoms with van der Waals surface area (Å²) >= 11 is 0. The molecule has 0 unspecified atom stereocenters. The number of hydrogen-bond acceptors (Lipinski definition) is 6. The molecular formula is C28H34F2N2O8. The molecule has 0 aromatic heterocycles. The number of benzene rings is 2. The summed E-state index contributed by atoms with van der Waals surface area (Å²) in [6, 6.07) is 6.39. The number of carboxylic acid groups (broad SMARTS) is 4. The van der Waals surface area contributed by atoms with Gasteiger partial charge in [0, 0.05) is 24.5 Å². The van der Waals surface area contributed by atoms with E-state index >= 15 is 0 Å². The first kappa shape index (κ1) is 32.0. The van der Waals surface area contributed by atoms with Crippen molar-refractivity contribution < 1.29 is 48.4 Å². The number of carboxylic acids is 4. The molecule has 10 nitrogen and oxygen atoms in total. The minimum Gasteiger partial charge on any atom is -0.479 e. The van der Waals surface area contributed by atoms with Gasteiger partial charge in [-0.25, -0.2) is 28.0 Å². The van der Waals surface area contributed by atoms with Crippen LogP contribution in [-0.4, -0.2) is 69.5 Å². The third-order valence-corrected chi connectivity index (χ3v) is 6.42. The number of rotatable bonds is 19. The summed E-state index contributed by atoms with van der Waals surface area (Å²) in [7, 11) is 0. The van der Waals surface area contributed by atoms with Gasteiger partial charge in [-0.2, -0.15) is 0 Å². The van der Waals surface area contributed by atoms with Crippen LogP contribution in [0.3, 0.4) is 0 Å². The van der Waals surface area contributed by atoms with Gasteiger partial charge in [-0.1, -0.05) is 38.5 Å². The Morgan fingerprint density at radius 3 is 1.00 bits per heavy atom. The summed E-state index contributed by atoms with van der Waals surface area (Å²) in [5.74, 6) is -7.06. The zero-order chi connectivity index (χ0) is 29.7. The topological polar surface area (TPSA) is 156 Å². The summed E-state index contributed by atoms with van der Waals surface area (Å²) in [5, 5.41) is 37.6. The molecule has 0 atom stereocenters. The highest BCUT2D eigenvalue weighted by atomic mass is 19.1. The number of hydrogen-bond donors (Lipinski definition) is 4. The van der Waals surface area contributed by atoms with Gasteiger partial charge in [0.15, 0.2) is 0 Å². The van der Waals surface area contributed by atoms with Crippen molar-refractivity contribution in [3.63, 3.8) is 0 Å².